The molecule has 0 saturated carbocycles. The molecule has 2 rings (SSSR count). The highest BCUT2D eigenvalue weighted by Crippen LogP contribution is 2.26. The van der Waals surface area contributed by atoms with Crippen molar-refractivity contribution in [1.29, 1.82) is 0 Å². The van der Waals surface area contributed by atoms with Crippen molar-refractivity contribution in [1.82, 2.24) is 9.97 Å². The van der Waals surface area contributed by atoms with Gasteiger partial charge in [0.05, 0.1) is 5.69 Å². The fraction of sp³-hybridized carbons (Fsp3) is 0.0833. The number of benzene rings is 1. The number of rotatable bonds is 3. The number of alkyl halides is 3. The lowest BCUT2D eigenvalue weighted by Crippen LogP contribution is -2.17. The molecule has 0 unspecified atom stereocenters. The van der Waals surface area contributed by atoms with Crippen LogP contribution in [0, 0.1) is 0 Å². The number of nitrogens with two attached hydrogens (primary N) is 1. The van der Waals surface area contributed by atoms with Crippen molar-refractivity contribution in [2.45, 2.75) is 6.36 Å². The Balaban J connectivity index is 2.36. The molecule has 2 N–H and O–H groups in total. The van der Waals surface area contributed by atoms with Gasteiger partial charge in [-0.1, -0.05) is 12.1 Å². The summed E-state index contributed by atoms with van der Waals surface area (Å²) in [5, 5.41) is 0. The second-order valence-electron chi connectivity index (χ2n) is 3.71. The number of nitrogens with zero attached hydrogens (tertiary/aromatic N) is 2. The quantitative estimate of drug-likeness (QED) is 0.936. The second kappa shape index (κ2) is 5.16. The Labute approximate surface area is 111 Å². The van der Waals surface area contributed by atoms with Gasteiger partial charge in [-0.3, -0.25) is 4.79 Å². The highest BCUT2D eigenvalue weighted by Gasteiger charge is 2.31. The molecule has 1 aromatic carbocycles. The monoisotopic (exact) mass is 283 g/mol. The maximum atomic E-state index is 12.1. The summed E-state index contributed by atoms with van der Waals surface area (Å²) in [6.07, 6.45) is -3.48. The van der Waals surface area contributed by atoms with Crippen LogP contribution >= 0.6 is 0 Å². The van der Waals surface area contributed by atoms with E-state index in [1.54, 1.807) is 0 Å². The molecule has 2 aromatic rings. The van der Waals surface area contributed by atoms with Crippen molar-refractivity contribution in [3.63, 3.8) is 0 Å². The van der Waals surface area contributed by atoms with Gasteiger partial charge in [-0.05, 0) is 18.2 Å². The molecule has 104 valence electrons. The van der Waals surface area contributed by atoms with E-state index in [4.69, 9.17) is 5.73 Å². The predicted molar refractivity (Wildman–Crippen MR) is 62.7 cm³/mol. The van der Waals surface area contributed by atoms with Gasteiger partial charge in [0.25, 0.3) is 5.91 Å². The maximum absolute atomic E-state index is 12.1. The largest absolute Gasteiger partial charge is 0.573 e. The summed E-state index contributed by atoms with van der Waals surface area (Å²) in [4.78, 5) is 18.5. The third-order valence-corrected chi connectivity index (χ3v) is 2.24. The van der Waals surface area contributed by atoms with E-state index in [9.17, 15) is 18.0 Å². The summed E-state index contributed by atoms with van der Waals surface area (Å²) in [5.41, 5.74) is 5.65. The van der Waals surface area contributed by atoms with E-state index in [0.717, 1.165) is 12.1 Å². The zero-order valence-electron chi connectivity index (χ0n) is 9.89. The molecule has 0 aliphatic carbocycles. The topological polar surface area (TPSA) is 78.1 Å². The van der Waals surface area contributed by atoms with Crippen LogP contribution in [0.5, 0.6) is 5.75 Å². The molecule has 1 aromatic heterocycles. The Morgan fingerprint density at radius 2 is 2.00 bits per heavy atom. The maximum Gasteiger partial charge on any atom is 0.573 e. The molecular weight excluding hydrogens is 275 g/mol. The molecule has 0 fully saturated rings. The summed E-state index contributed by atoms with van der Waals surface area (Å²) < 4.78 is 40.2. The first-order valence-corrected chi connectivity index (χ1v) is 5.34. The Morgan fingerprint density at radius 3 is 2.65 bits per heavy atom. The first-order valence-electron chi connectivity index (χ1n) is 5.34. The average molecular weight is 283 g/mol. The molecule has 0 radical (unpaired) electrons. The fourth-order valence-corrected chi connectivity index (χ4v) is 1.49. The Kier molecular flexibility index (Phi) is 3.55. The Morgan fingerprint density at radius 1 is 1.25 bits per heavy atom. The van der Waals surface area contributed by atoms with Crippen LogP contribution in [0.3, 0.4) is 0 Å². The lowest BCUT2D eigenvalue weighted by Gasteiger charge is -2.09. The van der Waals surface area contributed by atoms with Crippen molar-refractivity contribution in [3.05, 3.63) is 42.4 Å². The minimum atomic E-state index is -4.78. The summed E-state index contributed by atoms with van der Waals surface area (Å²) in [6, 6.07) is 6.66. The summed E-state index contributed by atoms with van der Waals surface area (Å²) >= 11 is 0. The van der Waals surface area contributed by atoms with Crippen LogP contribution in [0.15, 0.2) is 36.5 Å². The molecule has 8 heteroatoms. The molecule has 0 aliphatic heterocycles. The minimum absolute atomic E-state index is 0.218. The molecule has 0 aliphatic rings. The number of amides is 1. The van der Waals surface area contributed by atoms with Crippen LogP contribution in [0.2, 0.25) is 0 Å². The molecule has 1 heterocycles. The molecule has 5 nitrogen and oxygen atoms in total. The number of carbonyl (C=O) groups is 1. The number of primary amides is 1. The van der Waals surface area contributed by atoms with Crippen molar-refractivity contribution in [3.8, 4) is 17.0 Å². The van der Waals surface area contributed by atoms with E-state index in [1.807, 2.05) is 0 Å². The highest BCUT2D eigenvalue weighted by molar-refractivity contribution is 5.89. The van der Waals surface area contributed by atoms with Gasteiger partial charge < -0.3 is 10.5 Å². The van der Waals surface area contributed by atoms with Gasteiger partial charge in [0.1, 0.15) is 5.75 Å². The van der Waals surface area contributed by atoms with Crippen molar-refractivity contribution in [2.75, 3.05) is 0 Å². The Bertz CT molecular complexity index is 644. The second-order valence-corrected chi connectivity index (χ2v) is 3.71. The highest BCUT2D eigenvalue weighted by atomic mass is 19.4. The summed E-state index contributed by atoms with van der Waals surface area (Å²) in [6.45, 7) is 0. The molecule has 0 bridgehead atoms. The lowest BCUT2D eigenvalue weighted by atomic mass is 10.1. The van der Waals surface area contributed by atoms with Crippen LogP contribution in [-0.2, 0) is 0 Å². The zero-order chi connectivity index (χ0) is 14.8. The van der Waals surface area contributed by atoms with Crippen LogP contribution in [0.25, 0.3) is 11.3 Å². The normalized spacial score (nSPS) is 11.2. The first kappa shape index (κ1) is 13.8. The van der Waals surface area contributed by atoms with E-state index < -0.39 is 12.3 Å². The van der Waals surface area contributed by atoms with Crippen molar-refractivity contribution < 1.29 is 22.7 Å². The third-order valence-electron chi connectivity index (χ3n) is 2.24. The number of carbonyl (C=O) groups excluding carboxylic acids is 1. The van der Waals surface area contributed by atoms with E-state index in [1.165, 1.54) is 24.4 Å². The third kappa shape index (κ3) is 3.44. The standard InChI is InChI=1S/C12H8F3N3O2/c13-12(14,15)20-8-3-1-2-7(6-8)9-4-5-17-11(18-9)10(16)19/h1-6H,(H2,16,19). The SMILES string of the molecule is NC(=O)c1nccc(-c2cccc(OC(F)(F)F)c2)n1. The van der Waals surface area contributed by atoms with E-state index in [-0.39, 0.29) is 17.3 Å². The average Bonchev–Trinajstić information content (AvgIpc) is 2.37. The van der Waals surface area contributed by atoms with Gasteiger partial charge in [-0.25, -0.2) is 9.97 Å². The molecule has 1 amide bonds. The van der Waals surface area contributed by atoms with Gasteiger partial charge in [0.15, 0.2) is 0 Å². The predicted octanol–water partition coefficient (Wildman–Crippen LogP) is 2.14. The molecule has 0 spiro atoms. The van der Waals surface area contributed by atoms with Gasteiger partial charge in [-0.15, -0.1) is 13.2 Å². The molecular formula is C12H8F3N3O2. The van der Waals surface area contributed by atoms with Gasteiger partial charge in [0, 0.05) is 11.8 Å². The molecule has 0 atom stereocenters. The first-order chi connectivity index (χ1) is 9.35. The van der Waals surface area contributed by atoms with Crippen LogP contribution in [-0.4, -0.2) is 22.2 Å². The van der Waals surface area contributed by atoms with Crippen LogP contribution in [0.4, 0.5) is 13.2 Å². The number of hydrogen-bond donors (Lipinski definition) is 1. The smallest absolute Gasteiger partial charge is 0.406 e. The van der Waals surface area contributed by atoms with Gasteiger partial charge >= 0.3 is 6.36 Å². The van der Waals surface area contributed by atoms with Crippen molar-refractivity contribution in [2.24, 2.45) is 5.73 Å². The molecule has 20 heavy (non-hydrogen) atoms. The zero-order valence-corrected chi connectivity index (χ0v) is 9.89. The van der Waals surface area contributed by atoms with E-state index in [2.05, 4.69) is 14.7 Å². The summed E-state index contributed by atoms with van der Waals surface area (Å²) in [7, 11) is 0. The Hall–Kier alpha value is -2.64. The lowest BCUT2D eigenvalue weighted by molar-refractivity contribution is -0.274. The number of ether oxygens (including phenoxy) is 1. The van der Waals surface area contributed by atoms with Crippen molar-refractivity contribution >= 4 is 5.91 Å². The minimum Gasteiger partial charge on any atom is -0.406 e. The van der Waals surface area contributed by atoms with Crippen LogP contribution in [0.1, 0.15) is 10.6 Å². The van der Waals surface area contributed by atoms with Gasteiger partial charge in [-0.2, -0.15) is 0 Å². The number of aromatic nitrogens is 2. The summed E-state index contributed by atoms with van der Waals surface area (Å²) in [5.74, 6) is -1.42. The van der Waals surface area contributed by atoms with E-state index >= 15 is 0 Å². The number of halogens is 3. The number of hydrogen-bond acceptors (Lipinski definition) is 4. The van der Waals surface area contributed by atoms with E-state index in [0.29, 0.717) is 5.56 Å². The van der Waals surface area contributed by atoms with Gasteiger partial charge in [0.2, 0.25) is 5.82 Å². The van der Waals surface area contributed by atoms with Crippen LogP contribution < -0.4 is 10.5 Å². The fourth-order valence-electron chi connectivity index (χ4n) is 1.49. The molecule has 0 saturated heterocycles.